The van der Waals surface area contributed by atoms with Crippen molar-refractivity contribution in [3.63, 3.8) is 0 Å². The van der Waals surface area contributed by atoms with Gasteiger partial charge >= 0.3 is 5.69 Å². The van der Waals surface area contributed by atoms with Crippen molar-refractivity contribution in [3.8, 4) is 0 Å². The zero-order valence-electron chi connectivity index (χ0n) is 10.3. The zero-order valence-corrected chi connectivity index (χ0v) is 10.3. The van der Waals surface area contributed by atoms with Gasteiger partial charge in [-0.15, -0.1) is 0 Å². The molecule has 0 spiro atoms. The Morgan fingerprint density at radius 3 is 2.95 bits per heavy atom. The van der Waals surface area contributed by atoms with Gasteiger partial charge in [0.2, 0.25) is 0 Å². The minimum Gasteiger partial charge on any atom is -0.394 e. The molecule has 1 aromatic rings. The Bertz CT molecular complexity index is 555. The van der Waals surface area contributed by atoms with E-state index in [0.717, 1.165) is 4.57 Å². The van der Waals surface area contributed by atoms with Crippen molar-refractivity contribution in [2.45, 2.75) is 31.5 Å². The number of aliphatic hydroxyl groups excluding tert-OH is 1. The van der Waals surface area contributed by atoms with Crippen LogP contribution in [0.15, 0.2) is 15.8 Å². The van der Waals surface area contributed by atoms with Gasteiger partial charge in [-0.25, -0.2) is 9.18 Å². The number of hydrogen-bond acceptors (Lipinski definition) is 5. The second-order valence-corrected chi connectivity index (χ2v) is 4.32. The summed E-state index contributed by atoms with van der Waals surface area (Å²) in [6.07, 6.45) is -1.90. The largest absolute Gasteiger partial charge is 0.394 e. The predicted octanol–water partition coefficient (Wildman–Crippen LogP) is -0.699. The minimum absolute atomic E-state index is 0.0326. The first kappa shape index (κ1) is 13.9. The maximum absolute atomic E-state index is 13.5. The summed E-state index contributed by atoms with van der Waals surface area (Å²) in [5.74, 6) is 0. The van der Waals surface area contributed by atoms with Gasteiger partial charge in [-0.05, 0) is 0 Å². The third-order valence-corrected chi connectivity index (χ3v) is 2.99. The van der Waals surface area contributed by atoms with E-state index in [1.807, 2.05) is 0 Å². The molecule has 2 N–H and O–H groups in total. The van der Waals surface area contributed by atoms with E-state index in [4.69, 9.17) is 14.6 Å². The summed E-state index contributed by atoms with van der Waals surface area (Å²) in [5, 5.41) is 8.92. The SMILES string of the molecule is COCc1cn(C2CC(F)C(CO)O2)c(=O)[nH]c1=O. The maximum atomic E-state index is 13.5. The number of halogens is 1. The van der Waals surface area contributed by atoms with Crippen LogP contribution in [0.25, 0.3) is 0 Å². The molecule has 1 aliphatic heterocycles. The lowest BCUT2D eigenvalue weighted by Crippen LogP contribution is -2.34. The number of rotatable bonds is 4. The van der Waals surface area contributed by atoms with Crippen molar-refractivity contribution in [2.24, 2.45) is 0 Å². The Morgan fingerprint density at radius 2 is 2.37 bits per heavy atom. The average Bonchev–Trinajstić information content (AvgIpc) is 2.74. The second kappa shape index (κ2) is 5.64. The summed E-state index contributed by atoms with van der Waals surface area (Å²) in [6.45, 7) is -0.425. The molecule has 19 heavy (non-hydrogen) atoms. The number of ether oxygens (including phenoxy) is 2. The highest BCUT2D eigenvalue weighted by Crippen LogP contribution is 2.29. The van der Waals surface area contributed by atoms with Crippen molar-refractivity contribution in [3.05, 3.63) is 32.6 Å². The highest BCUT2D eigenvalue weighted by atomic mass is 19.1. The molecule has 0 saturated carbocycles. The van der Waals surface area contributed by atoms with Crippen LogP contribution in [0, 0.1) is 0 Å². The minimum atomic E-state index is -1.35. The molecule has 2 heterocycles. The van der Waals surface area contributed by atoms with Gasteiger partial charge in [0.15, 0.2) is 0 Å². The number of nitrogens with zero attached hydrogens (tertiary/aromatic N) is 1. The highest BCUT2D eigenvalue weighted by molar-refractivity contribution is 5.04. The summed E-state index contributed by atoms with van der Waals surface area (Å²) in [4.78, 5) is 25.3. The number of aliphatic hydroxyl groups is 1. The molecular weight excluding hydrogens is 259 g/mol. The molecule has 0 aliphatic carbocycles. The number of methoxy groups -OCH3 is 1. The van der Waals surface area contributed by atoms with Gasteiger partial charge in [0, 0.05) is 19.7 Å². The van der Waals surface area contributed by atoms with Gasteiger partial charge in [-0.2, -0.15) is 0 Å². The monoisotopic (exact) mass is 274 g/mol. The van der Waals surface area contributed by atoms with E-state index in [2.05, 4.69) is 4.98 Å². The molecule has 0 aromatic carbocycles. The van der Waals surface area contributed by atoms with Crippen LogP contribution in [0.5, 0.6) is 0 Å². The van der Waals surface area contributed by atoms with E-state index in [1.54, 1.807) is 0 Å². The lowest BCUT2D eigenvalue weighted by Gasteiger charge is -2.15. The number of aromatic nitrogens is 2. The number of hydrogen-bond donors (Lipinski definition) is 2. The van der Waals surface area contributed by atoms with Crippen LogP contribution in [0.3, 0.4) is 0 Å². The number of alkyl halides is 1. The molecule has 1 aliphatic rings. The van der Waals surface area contributed by atoms with Crippen LogP contribution in [0.2, 0.25) is 0 Å². The quantitative estimate of drug-likeness (QED) is 0.757. The van der Waals surface area contributed by atoms with Gasteiger partial charge in [0.05, 0.1) is 18.8 Å². The maximum Gasteiger partial charge on any atom is 0.330 e. The molecule has 1 saturated heterocycles. The molecule has 2 rings (SSSR count). The fourth-order valence-corrected chi connectivity index (χ4v) is 2.02. The van der Waals surface area contributed by atoms with E-state index in [1.165, 1.54) is 13.3 Å². The fourth-order valence-electron chi connectivity index (χ4n) is 2.02. The predicted molar refractivity (Wildman–Crippen MR) is 62.5 cm³/mol. The average molecular weight is 274 g/mol. The number of aromatic amines is 1. The standard InChI is InChI=1S/C11H15FN2O5/c1-18-5-6-3-14(11(17)13-10(6)16)9-2-7(12)8(4-15)19-9/h3,7-9,15H,2,4-5H2,1H3,(H,13,16,17). The molecular formula is C11H15FN2O5. The molecule has 8 heteroatoms. The Kier molecular flexibility index (Phi) is 4.13. The Hall–Kier alpha value is -1.51. The van der Waals surface area contributed by atoms with Gasteiger partial charge in [-0.3, -0.25) is 14.3 Å². The van der Waals surface area contributed by atoms with Crippen molar-refractivity contribution >= 4 is 0 Å². The molecule has 3 unspecified atom stereocenters. The first-order valence-electron chi connectivity index (χ1n) is 5.80. The zero-order chi connectivity index (χ0) is 14.0. The lowest BCUT2D eigenvalue weighted by atomic mass is 10.2. The molecule has 0 amide bonds. The first-order chi connectivity index (χ1) is 9.06. The number of nitrogens with one attached hydrogen (secondary N) is 1. The van der Waals surface area contributed by atoms with Crippen LogP contribution < -0.4 is 11.2 Å². The van der Waals surface area contributed by atoms with Crippen LogP contribution in [0.4, 0.5) is 4.39 Å². The van der Waals surface area contributed by atoms with Gasteiger partial charge in [0.1, 0.15) is 18.5 Å². The van der Waals surface area contributed by atoms with Gasteiger partial charge < -0.3 is 14.6 Å². The van der Waals surface area contributed by atoms with E-state index in [-0.39, 0.29) is 18.6 Å². The number of H-pyrrole nitrogens is 1. The van der Waals surface area contributed by atoms with Crippen molar-refractivity contribution in [1.29, 1.82) is 0 Å². The van der Waals surface area contributed by atoms with Crippen molar-refractivity contribution < 1.29 is 19.0 Å². The molecule has 106 valence electrons. The molecule has 1 fully saturated rings. The van der Waals surface area contributed by atoms with E-state index < -0.39 is 36.4 Å². The second-order valence-electron chi connectivity index (χ2n) is 4.32. The molecule has 7 nitrogen and oxygen atoms in total. The van der Waals surface area contributed by atoms with Gasteiger partial charge in [-0.1, -0.05) is 0 Å². The summed E-state index contributed by atoms with van der Waals surface area (Å²) >= 11 is 0. The molecule has 3 atom stereocenters. The summed E-state index contributed by atoms with van der Waals surface area (Å²) in [5.41, 5.74) is -0.981. The van der Waals surface area contributed by atoms with Crippen molar-refractivity contribution in [2.75, 3.05) is 13.7 Å². The Labute approximate surface area is 107 Å². The summed E-state index contributed by atoms with van der Waals surface area (Å²) in [7, 11) is 1.42. The van der Waals surface area contributed by atoms with E-state index in [0.29, 0.717) is 0 Å². The third-order valence-electron chi connectivity index (χ3n) is 2.99. The smallest absolute Gasteiger partial charge is 0.330 e. The van der Waals surface area contributed by atoms with Crippen LogP contribution in [-0.4, -0.2) is 40.6 Å². The van der Waals surface area contributed by atoms with Crippen LogP contribution in [-0.2, 0) is 16.1 Å². The highest BCUT2D eigenvalue weighted by Gasteiger charge is 2.36. The lowest BCUT2D eigenvalue weighted by molar-refractivity contribution is -0.0358. The van der Waals surface area contributed by atoms with Crippen LogP contribution >= 0.6 is 0 Å². The first-order valence-corrected chi connectivity index (χ1v) is 5.80. The molecule has 1 aromatic heterocycles. The fraction of sp³-hybridized carbons (Fsp3) is 0.636. The normalized spacial score (nSPS) is 26.8. The van der Waals surface area contributed by atoms with E-state index >= 15 is 0 Å². The topological polar surface area (TPSA) is 93.6 Å². The van der Waals surface area contributed by atoms with E-state index in [9.17, 15) is 14.0 Å². The molecule has 0 bridgehead atoms. The Balaban J connectivity index is 2.33. The molecule has 0 radical (unpaired) electrons. The Morgan fingerprint density at radius 1 is 1.63 bits per heavy atom. The third kappa shape index (κ3) is 2.75. The summed E-state index contributed by atoms with van der Waals surface area (Å²) in [6, 6.07) is 0. The summed E-state index contributed by atoms with van der Waals surface area (Å²) < 4.78 is 24.7. The van der Waals surface area contributed by atoms with Crippen molar-refractivity contribution in [1.82, 2.24) is 9.55 Å². The van der Waals surface area contributed by atoms with Gasteiger partial charge in [0.25, 0.3) is 5.56 Å². The van der Waals surface area contributed by atoms with Crippen LogP contribution in [0.1, 0.15) is 18.2 Å².